The minimum absolute atomic E-state index is 0.123. The zero-order chi connectivity index (χ0) is 20.4. The van der Waals surface area contributed by atoms with E-state index in [0.29, 0.717) is 26.2 Å². The number of piperazine rings is 1. The molecule has 1 saturated heterocycles. The molecule has 0 N–H and O–H groups in total. The summed E-state index contributed by atoms with van der Waals surface area (Å²) in [5, 5.41) is 2.96. The second kappa shape index (κ2) is 8.51. The predicted octanol–water partition coefficient (Wildman–Crippen LogP) is 4.15. The van der Waals surface area contributed by atoms with Gasteiger partial charge in [0.25, 0.3) is 0 Å². The van der Waals surface area contributed by atoms with Crippen molar-refractivity contribution < 1.29 is 12.8 Å². The molecule has 1 aromatic heterocycles. The van der Waals surface area contributed by atoms with Crippen LogP contribution in [-0.2, 0) is 16.4 Å². The van der Waals surface area contributed by atoms with Crippen LogP contribution in [0.5, 0.6) is 0 Å². The summed E-state index contributed by atoms with van der Waals surface area (Å²) in [7, 11) is -3.61. The molecule has 0 radical (unpaired) electrons. The highest BCUT2D eigenvalue weighted by molar-refractivity contribution is 9.10. The van der Waals surface area contributed by atoms with Crippen molar-refractivity contribution in [2.75, 3.05) is 31.1 Å². The van der Waals surface area contributed by atoms with E-state index in [1.54, 1.807) is 11.3 Å². The van der Waals surface area contributed by atoms with E-state index in [9.17, 15) is 12.8 Å². The Hall–Kier alpha value is -1.81. The van der Waals surface area contributed by atoms with Gasteiger partial charge in [-0.25, -0.2) is 17.8 Å². The van der Waals surface area contributed by atoms with Crippen LogP contribution in [0.4, 0.5) is 9.52 Å². The Bertz CT molecular complexity index is 1090. The topological polar surface area (TPSA) is 53.5 Å². The van der Waals surface area contributed by atoms with Crippen LogP contribution in [0, 0.1) is 5.82 Å². The second-order valence-electron chi connectivity index (χ2n) is 6.77. The molecule has 152 valence electrons. The fourth-order valence-electron chi connectivity index (χ4n) is 3.25. The molecule has 5 nitrogen and oxygen atoms in total. The van der Waals surface area contributed by atoms with Gasteiger partial charge in [-0.2, -0.15) is 4.31 Å². The van der Waals surface area contributed by atoms with E-state index in [0.717, 1.165) is 21.7 Å². The summed E-state index contributed by atoms with van der Waals surface area (Å²) in [6, 6.07) is 13.1. The number of hydrogen-bond donors (Lipinski definition) is 0. The first-order valence-corrected chi connectivity index (χ1v) is 12.2. The van der Waals surface area contributed by atoms with Crippen LogP contribution in [0.25, 0.3) is 0 Å². The Morgan fingerprint density at radius 1 is 1.07 bits per heavy atom. The highest BCUT2D eigenvalue weighted by Gasteiger charge is 2.29. The molecule has 29 heavy (non-hydrogen) atoms. The van der Waals surface area contributed by atoms with Gasteiger partial charge in [-0.05, 0) is 42.0 Å². The normalized spacial score (nSPS) is 15.6. The lowest BCUT2D eigenvalue weighted by Crippen LogP contribution is -2.48. The number of halogens is 2. The molecule has 1 aliphatic heterocycles. The number of rotatable bonds is 5. The molecule has 2 aromatic carbocycles. The van der Waals surface area contributed by atoms with E-state index in [1.165, 1.54) is 34.1 Å². The second-order valence-corrected chi connectivity index (χ2v) is 10.5. The van der Waals surface area contributed by atoms with E-state index in [2.05, 4.69) is 38.3 Å². The summed E-state index contributed by atoms with van der Waals surface area (Å²) in [5.74, 6) is -0.448. The van der Waals surface area contributed by atoms with Crippen molar-refractivity contribution in [3.8, 4) is 0 Å². The quantitative estimate of drug-likeness (QED) is 0.533. The SMILES string of the molecule is O=S(=O)(c1ccc(F)cc1)N1CCN(c2nc(Cc3cccc(Br)c3)cs2)CC1. The molecule has 0 atom stereocenters. The summed E-state index contributed by atoms with van der Waals surface area (Å²) in [6.45, 7) is 1.90. The van der Waals surface area contributed by atoms with Gasteiger partial charge in [0.15, 0.2) is 5.13 Å². The minimum atomic E-state index is -3.61. The molecule has 0 spiro atoms. The van der Waals surface area contributed by atoms with Crippen molar-refractivity contribution in [2.24, 2.45) is 0 Å². The molecule has 3 aromatic rings. The van der Waals surface area contributed by atoms with Gasteiger partial charge < -0.3 is 4.90 Å². The van der Waals surface area contributed by atoms with Gasteiger partial charge in [-0.1, -0.05) is 28.1 Å². The maximum Gasteiger partial charge on any atom is 0.243 e. The van der Waals surface area contributed by atoms with Gasteiger partial charge in [-0.15, -0.1) is 11.3 Å². The summed E-state index contributed by atoms with van der Waals surface area (Å²) < 4.78 is 41.1. The molecule has 0 unspecified atom stereocenters. The molecule has 9 heteroatoms. The Kier molecular flexibility index (Phi) is 6.00. The lowest BCUT2D eigenvalue weighted by Gasteiger charge is -2.33. The van der Waals surface area contributed by atoms with Crippen LogP contribution >= 0.6 is 27.3 Å². The van der Waals surface area contributed by atoms with Gasteiger partial charge in [0.1, 0.15) is 5.82 Å². The molecule has 2 heterocycles. The third-order valence-electron chi connectivity index (χ3n) is 4.77. The Morgan fingerprint density at radius 2 is 1.79 bits per heavy atom. The molecule has 4 rings (SSSR count). The smallest absolute Gasteiger partial charge is 0.243 e. The van der Waals surface area contributed by atoms with E-state index < -0.39 is 15.8 Å². The van der Waals surface area contributed by atoms with E-state index in [-0.39, 0.29) is 4.90 Å². The molecule has 1 fully saturated rings. The van der Waals surface area contributed by atoms with Gasteiger partial charge in [0.05, 0.1) is 10.6 Å². The monoisotopic (exact) mass is 495 g/mol. The Labute approximate surface area is 182 Å². The number of nitrogens with zero attached hydrogens (tertiary/aromatic N) is 3. The highest BCUT2D eigenvalue weighted by Crippen LogP contribution is 2.26. The fourth-order valence-corrected chi connectivity index (χ4v) is 6.00. The lowest BCUT2D eigenvalue weighted by atomic mass is 10.1. The number of anilines is 1. The molecule has 0 saturated carbocycles. The molecule has 0 amide bonds. The molecule has 0 aliphatic carbocycles. The Morgan fingerprint density at radius 3 is 2.48 bits per heavy atom. The third kappa shape index (κ3) is 4.69. The number of benzene rings is 2. The summed E-state index contributed by atoms with van der Waals surface area (Å²) in [6.07, 6.45) is 0.759. The Balaban J connectivity index is 1.40. The number of hydrogen-bond acceptors (Lipinski definition) is 5. The minimum Gasteiger partial charge on any atom is -0.345 e. The van der Waals surface area contributed by atoms with Crippen molar-refractivity contribution in [3.63, 3.8) is 0 Å². The van der Waals surface area contributed by atoms with Crippen LogP contribution in [-0.4, -0.2) is 43.9 Å². The number of thiazole rings is 1. The standard InChI is InChI=1S/C20H19BrFN3O2S2/c21-16-3-1-2-15(12-16)13-18-14-28-20(23-18)24-8-10-25(11-9-24)29(26,27)19-6-4-17(22)5-7-19/h1-7,12,14H,8-11,13H2. The summed E-state index contributed by atoms with van der Waals surface area (Å²) >= 11 is 5.07. The van der Waals surface area contributed by atoms with Gasteiger partial charge in [0, 0.05) is 42.5 Å². The average molecular weight is 496 g/mol. The average Bonchev–Trinajstić information content (AvgIpc) is 3.17. The predicted molar refractivity (Wildman–Crippen MR) is 116 cm³/mol. The van der Waals surface area contributed by atoms with Crippen LogP contribution in [0.1, 0.15) is 11.3 Å². The van der Waals surface area contributed by atoms with Crippen LogP contribution in [0.15, 0.2) is 63.3 Å². The number of sulfonamides is 1. The lowest BCUT2D eigenvalue weighted by molar-refractivity contribution is 0.384. The van der Waals surface area contributed by atoms with Gasteiger partial charge in [0.2, 0.25) is 10.0 Å². The number of aromatic nitrogens is 1. The highest BCUT2D eigenvalue weighted by atomic mass is 79.9. The van der Waals surface area contributed by atoms with Crippen molar-refractivity contribution in [1.29, 1.82) is 0 Å². The van der Waals surface area contributed by atoms with Crippen LogP contribution < -0.4 is 4.90 Å². The molecule has 0 bridgehead atoms. The maximum absolute atomic E-state index is 13.1. The van der Waals surface area contributed by atoms with Crippen molar-refractivity contribution >= 4 is 42.4 Å². The van der Waals surface area contributed by atoms with Gasteiger partial charge in [-0.3, -0.25) is 0 Å². The summed E-state index contributed by atoms with van der Waals surface area (Å²) in [5.41, 5.74) is 2.19. The zero-order valence-corrected chi connectivity index (χ0v) is 18.7. The van der Waals surface area contributed by atoms with Crippen molar-refractivity contribution in [3.05, 3.63) is 75.5 Å². The van der Waals surface area contributed by atoms with Crippen LogP contribution in [0.3, 0.4) is 0 Å². The van der Waals surface area contributed by atoms with Gasteiger partial charge >= 0.3 is 0 Å². The fraction of sp³-hybridized carbons (Fsp3) is 0.250. The first kappa shape index (κ1) is 20.5. The molecular weight excluding hydrogens is 477 g/mol. The largest absolute Gasteiger partial charge is 0.345 e. The van der Waals surface area contributed by atoms with E-state index in [4.69, 9.17) is 4.98 Å². The van der Waals surface area contributed by atoms with E-state index in [1.807, 2.05) is 12.1 Å². The van der Waals surface area contributed by atoms with Crippen molar-refractivity contribution in [2.45, 2.75) is 11.3 Å². The molecule has 1 aliphatic rings. The first-order valence-electron chi connectivity index (χ1n) is 9.11. The van der Waals surface area contributed by atoms with E-state index >= 15 is 0 Å². The zero-order valence-electron chi connectivity index (χ0n) is 15.5. The molecular formula is C20H19BrFN3O2S2. The summed E-state index contributed by atoms with van der Waals surface area (Å²) in [4.78, 5) is 6.97. The van der Waals surface area contributed by atoms with Crippen LogP contribution in [0.2, 0.25) is 0 Å². The van der Waals surface area contributed by atoms with Crippen molar-refractivity contribution in [1.82, 2.24) is 9.29 Å². The first-order chi connectivity index (χ1) is 13.9. The third-order valence-corrected chi connectivity index (χ3v) is 8.13. The maximum atomic E-state index is 13.1.